The normalized spacial score (nSPS) is 19.7. The van der Waals surface area contributed by atoms with Gasteiger partial charge in [0.25, 0.3) is 0 Å². The molecule has 2 nitrogen and oxygen atoms in total. The minimum Gasteiger partial charge on any atom is -0.343 e. The largest absolute Gasteiger partial charge is 0.343 e. The molecule has 14 heavy (non-hydrogen) atoms. The second-order valence-corrected chi connectivity index (χ2v) is 4.16. The Morgan fingerprint density at radius 2 is 2.14 bits per heavy atom. The molecular formula is C12H19NO. The first-order valence-corrected chi connectivity index (χ1v) is 5.48. The van der Waals surface area contributed by atoms with Crippen LogP contribution in [0.2, 0.25) is 0 Å². The van der Waals surface area contributed by atoms with Gasteiger partial charge in [-0.05, 0) is 25.7 Å². The molecule has 78 valence electrons. The Bertz CT molecular complexity index is 223. The van der Waals surface area contributed by atoms with E-state index in [1.165, 1.54) is 32.1 Å². The van der Waals surface area contributed by atoms with Crippen LogP contribution in [0.25, 0.3) is 0 Å². The van der Waals surface area contributed by atoms with E-state index in [0.717, 1.165) is 0 Å². The van der Waals surface area contributed by atoms with Crippen LogP contribution in [0.15, 0.2) is 0 Å². The molecular weight excluding hydrogens is 174 g/mol. The van der Waals surface area contributed by atoms with E-state index in [0.29, 0.717) is 12.3 Å². The van der Waals surface area contributed by atoms with Gasteiger partial charge in [-0.25, -0.2) is 0 Å². The average molecular weight is 193 g/mol. The van der Waals surface area contributed by atoms with Gasteiger partial charge in [0.1, 0.15) is 0 Å². The molecule has 1 aliphatic carbocycles. The lowest BCUT2D eigenvalue weighted by molar-refractivity contribution is -0.122. The molecule has 0 aromatic carbocycles. The molecule has 0 spiro atoms. The number of carbonyl (C=O) groups excluding carboxylic acids is 1. The lowest BCUT2D eigenvalue weighted by atomic mass is 9.87. The quantitative estimate of drug-likeness (QED) is 0.683. The molecule has 1 unspecified atom stereocenters. The Morgan fingerprint density at radius 1 is 1.50 bits per heavy atom. The summed E-state index contributed by atoms with van der Waals surface area (Å²) in [6.45, 7) is 1.83. The van der Waals surface area contributed by atoms with Crippen molar-refractivity contribution < 1.29 is 4.79 Å². The number of nitrogens with one attached hydrogen (secondary N) is 1. The summed E-state index contributed by atoms with van der Waals surface area (Å²) in [6, 6.07) is -0.133. The van der Waals surface area contributed by atoms with Crippen LogP contribution in [-0.2, 0) is 4.79 Å². The van der Waals surface area contributed by atoms with Gasteiger partial charge in [-0.2, -0.15) is 0 Å². The van der Waals surface area contributed by atoms with Gasteiger partial charge in [0.2, 0.25) is 5.91 Å². The first-order valence-electron chi connectivity index (χ1n) is 5.48. The number of hydrogen-bond acceptors (Lipinski definition) is 1. The van der Waals surface area contributed by atoms with Crippen molar-refractivity contribution >= 4 is 5.91 Å². The van der Waals surface area contributed by atoms with Crippen LogP contribution in [0, 0.1) is 18.3 Å². The van der Waals surface area contributed by atoms with E-state index in [4.69, 9.17) is 6.42 Å². The van der Waals surface area contributed by atoms with Gasteiger partial charge in [-0.1, -0.05) is 25.2 Å². The molecule has 1 amide bonds. The van der Waals surface area contributed by atoms with Crippen LogP contribution in [0.5, 0.6) is 0 Å². The predicted octanol–water partition coefficient (Wildman–Crippen LogP) is 2.09. The number of rotatable bonds is 3. The molecule has 2 heteroatoms. The lowest BCUT2D eigenvalue weighted by Crippen LogP contribution is -2.32. The van der Waals surface area contributed by atoms with E-state index in [-0.39, 0.29) is 11.9 Å². The highest BCUT2D eigenvalue weighted by Crippen LogP contribution is 2.25. The predicted molar refractivity (Wildman–Crippen MR) is 57.6 cm³/mol. The van der Waals surface area contributed by atoms with Gasteiger partial charge >= 0.3 is 0 Å². The van der Waals surface area contributed by atoms with Crippen molar-refractivity contribution in [3.63, 3.8) is 0 Å². The van der Waals surface area contributed by atoms with E-state index in [9.17, 15) is 4.79 Å². The highest BCUT2D eigenvalue weighted by molar-refractivity contribution is 5.76. The number of carbonyl (C=O) groups is 1. The number of hydrogen-bond donors (Lipinski definition) is 1. The Labute approximate surface area is 86.5 Å². The maximum Gasteiger partial charge on any atom is 0.221 e. The fraction of sp³-hybridized carbons (Fsp3) is 0.750. The smallest absolute Gasteiger partial charge is 0.221 e. The Hall–Kier alpha value is -0.970. The van der Waals surface area contributed by atoms with E-state index >= 15 is 0 Å². The first-order chi connectivity index (χ1) is 6.72. The summed E-state index contributed by atoms with van der Waals surface area (Å²) in [5.74, 6) is 3.21. The van der Waals surface area contributed by atoms with Crippen LogP contribution in [0.3, 0.4) is 0 Å². The van der Waals surface area contributed by atoms with Crippen LogP contribution in [0.1, 0.15) is 45.4 Å². The molecule has 1 rings (SSSR count). The van der Waals surface area contributed by atoms with Gasteiger partial charge in [0, 0.05) is 6.42 Å². The summed E-state index contributed by atoms with van der Waals surface area (Å²) < 4.78 is 0. The molecule has 0 heterocycles. The van der Waals surface area contributed by atoms with Crippen molar-refractivity contribution in [2.24, 2.45) is 5.92 Å². The van der Waals surface area contributed by atoms with Crippen LogP contribution < -0.4 is 5.32 Å². The maximum atomic E-state index is 11.5. The molecule has 0 radical (unpaired) electrons. The monoisotopic (exact) mass is 193 g/mol. The molecule has 1 atom stereocenters. The zero-order valence-electron chi connectivity index (χ0n) is 8.88. The summed E-state index contributed by atoms with van der Waals surface area (Å²) >= 11 is 0. The third-order valence-electron chi connectivity index (χ3n) is 2.83. The SMILES string of the molecule is C#CC(C)NC(=O)CC1CCCCC1. The highest BCUT2D eigenvalue weighted by atomic mass is 16.1. The van der Waals surface area contributed by atoms with Gasteiger partial charge < -0.3 is 5.32 Å². The van der Waals surface area contributed by atoms with Crippen molar-refractivity contribution in [1.82, 2.24) is 5.32 Å². The van der Waals surface area contributed by atoms with E-state index in [2.05, 4.69) is 11.2 Å². The molecule has 0 saturated heterocycles. The summed E-state index contributed by atoms with van der Waals surface area (Å²) in [6.07, 6.45) is 12.2. The fourth-order valence-electron chi connectivity index (χ4n) is 2.00. The van der Waals surface area contributed by atoms with Crippen LogP contribution in [0.4, 0.5) is 0 Å². The number of amides is 1. The van der Waals surface area contributed by atoms with Crippen molar-refractivity contribution in [1.29, 1.82) is 0 Å². The van der Waals surface area contributed by atoms with Gasteiger partial charge in [0.05, 0.1) is 6.04 Å². The van der Waals surface area contributed by atoms with Gasteiger partial charge in [-0.3, -0.25) is 4.79 Å². The third kappa shape index (κ3) is 3.83. The van der Waals surface area contributed by atoms with Crippen LogP contribution in [-0.4, -0.2) is 11.9 Å². The average Bonchev–Trinajstić information content (AvgIpc) is 2.19. The van der Waals surface area contributed by atoms with Crippen molar-refractivity contribution in [2.75, 3.05) is 0 Å². The van der Waals surface area contributed by atoms with Crippen LogP contribution >= 0.6 is 0 Å². The van der Waals surface area contributed by atoms with Gasteiger partial charge in [0.15, 0.2) is 0 Å². The Morgan fingerprint density at radius 3 is 2.71 bits per heavy atom. The second kappa shape index (κ2) is 5.70. The van der Waals surface area contributed by atoms with E-state index in [1.807, 2.05) is 6.92 Å². The maximum absolute atomic E-state index is 11.5. The van der Waals surface area contributed by atoms with E-state index < -0.39 is 0 Å². The third-order valence-corrected chi connectivity index (χ3v) is 2.83. The summed E-state index contributed by atoms with van der Waals surface area (Å²) in [5, 5.41) is 2.80. The molecule has 0 aromatic rings. The Kier molecular flexibility index (Phi) is 4.52. The molecule has 0 aliphatic heterocycles. The molecule has 1 saturated carbocycles. The fourth-order valence-corrected chi connectivity index (χ4v) is 2.00. The molecule has 0 aromatic heterocycles. The first kappa shape index (κ1) is 11.1. The zero-order valence-corrected chi connectivity index (χ0v) is 8.88. The summed E-state index contributed by atoms with van der Waals surface area (Å²) in [5.41, 5.74) is 0. The minimum atomic E-state index is -0.133. The summed E-state index contributed by atoms with van der Waals surface area (Å²) in [7, 11) is 0. The topological polar surface area (TPSA) is 29.1 Å². The van der Waals surface area contributed by atoms with Crippen molar-refractivity contribution in [3.05, 3.63) is 0 Å². The van der Waals surface area contributed by atoms with Crippen molar-refractivity contribution in [2.45, 2.75) is 51.5 Å². The molecule has 1 N–H and O–H groups in total. The standard InChI is InChI=1S/C12H19NO/c1-3-10(2)13-12(14)9-11-7-5-4-6-8-11/h1,10-11H,4-9H2,2H3,(H,13,14). The molecule has 0 bridgehead atoms. The van der Waals surface area contributed by atoms with Crippen molar-refractivity contribution in [3.8, 4) is 12.3 Å². The lowest BCUT2D eigenvalue weighted by Gasteiger charge is -2.21. The van der Waals surface area contributed by atoms with E-state index in [1.54, 1.807) is 0 Å². The zero-order chi connectivity index (χ0) is 10.4. The second-order valence-electron chi connectivity index (χ2n) is 4.16. The summed E-state index contributed by atoms with van der Waals surface area (Å²) in [4.78, 5) is 11.5. The van der Waals surface area contributed by atoms with Gasteiger partial charge in [-0.15, -0.1) is 6.42 Å². The molecule has 1 fully saturated rings. The number of terminal acetylenes is 1. The minimum absolute atomic E-state index is 0.113. The Balaban J connectivity index is 2.22. The highest BCUT2D eigenvalue weighted by Gasteiger charge is 2.17. The molecule has 1 aliphatic rings.